The third-order valence-corrected chi connectivity index (χ3v) is 9.37. The van der Waals surface area contributed by atoms with E-state index >= 15 is 0 Å². The maximum Gasteiger partial charge on any atom is 0.0738 e. The van der Waals surface area contributed by atoms with Crippen LogP contribution in [0.5, 0.6) is 0 Å². The first-order valence-corrected chi connectivity index (χ1v) is 16.8. The van der Waals surface area contributed by atoms with Gasteiger partial charge in [0.1, 0.15) is 0 Å². The molecule has 0 saturated heterocycles. The summed E-state index contributed by atoms with van der Waals surface area (Å²) in [7, 11) is 0. The fourth-order valence-corrected chi connectivity index (χ4v) is 7.01. The van der Waals surface area contributed by atoms with Crippen LogP contribution in [0.1, 0.15) is 28.3 Å². The molecule has 7 aromatic rings. The Hall–Kier alpha value is -6.56. The molecule has 0 saturated carbocycles. The molecule has 5 heterocycles. The average Bonchev–Trinajstić information content (AvgIpc) is 4.01. The summed E-state index contributed by atoms with van der Waals surface area (Å²) in [6.45, 7) is -0.0162. The summed E-state index contributed by atoms with van der Waals surface area (Å²) in [6, 6.07) is 48.0. The van der Waals surface area contributed by atoms with E-state index in [1.807, 2.05) is 42.5 Å². The first kappa shape index (κ1) is 29.6. The van der Waals surface area contributed by atoms with Crippen molar-refractivity contribution in [2.45, 2.75) is 6.61 Å². The van der Waals surface area contributed by atoms with Crippen LogP contribution in [0, 0.1) is 0 Å². The molecule has 238 valence electrons. The molecule has 8 bridgehead atoms. The highest BCUT2D eigenvalue weighted by Gasteiger charge is 2.19. The molecular formula is C45H32N4O. The number of hydrogen-bond acceptors (Lipinski definition) is 3. The fourth-order valence-electron chi connectivity index (χ4n) is 7.01. The zero-order valence-corrected chi connectivity index (χ0v) is 27.1. The van der Waals surface area contributed by atoms with Gasteiger partial charge in [-0.2, -0.15) is 0 Å². The molecule has 0 fully saturated rings. The van der Waals surface area contributed by atoms with E-state index in [1.165, 1.54) is 0 Å². The Morgan fingerprint density at radius 2 is 0.700 bits per heavy atom. The highest BCUT2D eigenvalue weighted by atomic mass is 16.3. The lowest BCUT2D eigenvalue weighted by molar-refractivity contribution is 0.282. The molecule has 4 aromatic carbocycles. The van der Waals surface area contributed by atoms with E-state index in [2.05, 4.69) is 131 Å². The van der Waals surface area contributed by atoms with Crippen molar-refractivity contribution in [2.24, 2.45) is 0 Å². The normalized spacial score (nSPS) is 12.0. The van der Waals surface area contributed by atoms with Crippen LogP contribution in [0.15, 0.2) is 140 Å². The van der Waals surface area contributed by atoms with Crippen LogP contribution in [0.25, 0.3) is 90.9 Å². The molecule has 5 heteroatoms. The summed E-state index contributed by atoms with van der Waals surface area (Å²) in [5.74, 6) is 0. The molecule has 3 N–H and O–H groups in total. The van der Waals surface area contributed by atoms with Gasteiger partial charge in [-0.15, -0.1) is 0 Å². The van der Waals surface area contributed by atoms with Gasteiger partial charge in [0.05, 0.1) is 29.4 Å². The van der Waals surface area contributed by atoms with Crippen molar-refractivity contribution in [3.63, 3.8) is 0 Å². The number of aromatic amines is 2. The summed E-state index contributed by atoms with van der Waals surface area (Å²) in [5, 5.41) is 9.79. The Kier molecular flexibility index (Phi) is 7.38. The molecule has 9 rings (SSSR count). The summed E-state index contributed by atoms with van der Waals surface area (Å²) >= 11 is 0. The SMILES string of the molecule is OCc1ccc(-c2c3nc(c(-c4ccccc4)c4ccc([nH]4)c(-c4ccccc4)c4ccc([nH]4)c(-c4ccccc4)c4nc2C=C4)C=C3)cc1. The number of aromatic nitrogens is 4. The molecule has 0 aliphatic carbocycles. The monoisotopic (exact) mass is 644 g/mol. The molecule has 0 radical (unpaired) electrons. The van der Waals surface area contributed by atoms with Crippen molar-refractivity contribution in [1.29, 1.82) is 0 Å². The molecular weight excluding hydrogens is 613 g/mol. The predicted molar refractivity (Wildman–Crippen MR) is 207 cm³/mol. The summed E-state index contributed by atoms with van der Waals surface area (Å²) in [6.07, 6.45) is 8.37. The van der Waals surface area contributed by atoms with Crippen LogP contribution in [-0.2, 0) is 6.61 Å². The van der Waals surface area contributed by atoms with Gasteiger partial charge in [0.25, 0.3) is 0 Å². The van der Waals surface area contributed by atoms with Gasteiger partial charge in [0, 0.05) is 44.3 Å². The number of nitrogens with zero attached hydrogens (tertiary/aromatic N) is 2. The number of hydrogen-bond donors (Lipinski definition) is 3. The smallest absolute Gasteiger partial charge is 0.0738 e. The lowest BCUT2D eigenvalue weighted by Crippen LogP contribution is -1.92. The van der Waals surface area contributed by atoms with Crippen LogP contribution in [-0.4, -0.2) is 25.0 Å². The van der Waals surface area contributed by atoms with Gasteiger partial charge >= 0.3 is 0 Å². The second-order valence-electron chi connectivity index (χ2n) is 12.5. The van der Waals surface area contributed by atoms with Gasteiger partial charge in [-0.3, -0.25) is 0 Å². The number of nitrogens with one attached hydrogen (secondary N) is 2. The van der Waals surface area contributed by atoms with Crippen LogP contribution in [0.2, 0.25) is 0 Å². The van der Waals surface area contributed by atoms with Crippen LogP contribution in [0.3, 0.4) is 0 Å². The van der Waals surface area contributed by atoms with Crippen molar-refractivity contribution < 1.29 is 5.11 Å². The predicted octanol–water partition coefficient (Wildman–Crippen LogP) is 10.8. The van der Waals surface area contributed by atoms with E-state index in [-0.39, 0.29) is 6.61 Å². The third kappa shape index (κ3) is 5.27. The molecule has 2 aliphatic heterocycles. The van der Waals surface area contributed by atoms with Crippen molar-refractivity contribution in [3.05, 3.63) is 168 Å². The Bertz CT molecular complexity index is 2460. The Balaban J connectivity index is 1.47. The molecule has 0 spiro atoms. The first-order valence-electron chi connectivity index (χ1n) is 16.8. The maximum absolute atomic E-state index is 9.79. The van der Waals surface area contributed by atoms with Gasteiger partial charge in [-0.25, -0.2) is 9.97 Å². The molecule has 2 aliphatic rings. The van der Waals surface area contributed by atoms with Gasteiger partial charge in [-0.05, 0) is 76.4 Å². The zero-order valence-electron chi connectivity index (χ0n) is 27.1. The van der Waals surface area contributed by atoms with E-state index in [1.54, 1.807) is 0 Å². The van der Waals surface area contributed by atoms with Crippen molar-refractivity contribution in [1.82, 2.24) is 19.9 Å². The number of H-pyrrole nitrogens is 2. The molecule has 50 heavy (non-hydrogen) atoms. The fraction of sp³-hybridized carbons (Fsp3) is 0.0222. The quantitative estimate of drug-likeness (QED) is 0.174. The highest BCUT2D eigenvalue weighted by molar-refractivity contribution is 6.00. The molecule has 5 nitrogen and oxygen atoms in total. The number of fused-ring (bicyclic) bond motifs is 8. The minimum atomic E-state index is -0.0162. The van der Waals surface area contributed by atoms with Gasteiger partial charge in [0.2, 0.25) is 0 Å². The molecule has 0 unspecified atom stereocenters. The largest absolute Gasteiger partial charge is 0.392 e. The third-order valence-electron chi connectivity index (χ3n) is 9.37. The summed E-state index contributed by atoms with van der Waals surface area (Å²) < 4.78 is 0. The summed E-state index contributed by atoms with van der Waals surface area (Å²) in [4.78, 5) is 18.3. The zero-order chi connectivity index (χ0) is 33.4. The number of rotatable bonds is 5. The van der Waals surface area contributed by atoms with Crippen molar-refractivity contribution in [2.75, 3.05) is 0 Å². The Labute approximate surface area is 289 Å². The molecule has 0 atom stereocenters. The van der Waals surface area contributed by atoms with Gasteiger partial charge < -0.3 is 15.1 Å². The van der Waals surface area contributed by atoms with Gasteiger partial charge in [-0.1, -0.05) is 115 Å². The second-order valence-corrected chi connectivity index (χ2v) is 12.5. The van der Waals surface area contributed by atoms with Crippen molar-refractivity contribution >= 4 is 46.4 Å². The van der Waals surface area contributed by atoms with E-state index in [0.717, 1.165) is 94.9 Å². The summed E-state index contributed by atoms with van der Waals surface area (Å²) in [5.41, 5.74) is 16.4. The van der Waals surface area contributed by atoms with Crippen LogP contribution in [0.4, 0.5) is 0 Å². The first-order chi connectivity index (χ1) is 24.7. The van der Waals surface area contributed by atoms with E-state index in [0.29, 0.717) is 0 Å². The highest BCUT2D eigenvalue weighted by Crippen LogP contribution is 2.38. The Morgan fingerprint density at radius 3 is 1.10 bits per heavy atom. The lowest BCUT2D eigenvalue weighted by atomic mass is 10.0. The van der Waals surface area contributed by atoms with E-state index < -0.39 is 0 Å². The lowest BCUT2D eigenvalue weighted by Gasteiger charge is -2.07. The van der Waals surface area contributed by atoms with E-state index in [9.17, 15) is 5.11 Å². The average molecular weight is 645 g/mol. The number of benzene rings is 4. The number of aliphatic hydroxyl groups excluding tert-OH is 1. The van der Waals surface area contributed by atoms with E-state index in [4.69, 9.17) is 9.97 Å². The topological polar surface area (TPSA) is 77.6 Å². The number of aliphatic hydroxyl groups is 1. The molecule has 3 aromatic heterocycles. The maximum atomic E-state index is 9.79. The minimum Gasteiger partial charge on any atom is -0.392 e. The standard InChI is InChI=1S/C45H32N4O/c50-28-29-16-18-33(19-17-29)45-40-26-24-38(48-40)43(31-12-6-2-7-13-31)36-22-20-34(46-36)42(30-10-4-1-5-11-30)35-21-23-37(47-35)44(32-14-8-3-9-15-32)39-25-27-41(45)49-39/h1-27,46-47,50H,28H2. The Morgan fingerprint density at radius 1 is 0.360 bits per heavy atom. The van der Waals surface area contributed by atoms with Crippen LogP contribution < -0.4 is 0 Å². The molecule has 0 amide bonds. The second kappa shape index (κ2) is 12.5. The van der Waals surface area contributed by atoms with Crippen LogP contribution >= 0.6 is 0 Å². The van der Waals surface area contributed by atoms with Gasteiger partial charge in [0.15, 0.2) is 0 Å². The van der Waals surface area contributed by atoms with Crippen molar-refractivity contribution in [3.8, 4) is 44.5 Å². The minimum absolute atomic E-state index is 0.0162.